The van der Waals surface area contributed by atoms with Gasteiger partial charge in [-0.05, 0) is 12.5 Å². The molecule has 1 aromatic rings. The van der Waals surface area contributed by atoms with Gasteiger partial charge in [-0.3, -0.25) is 0 Å². The summed E-state index contributed by atoms with van der Waals surface area (Å²) in [4.78, 5) is 0.873. The highest BCUT2D eigenvalue weighted by Gasteiger charge is 1.98. The summed E-state index contributed by atoms with van der Waals surface area (Å²) in [5, 5.41) is 0. The van der Waals surface area contributed by atoms with E-state index in [1.165, 1.54) is 0 Å². The Morgan fingerprint density at radius 1 is 1.33 bits per heavy atom. The fourth-order valence-corrected chi connectivity index (χ4v) is 1.12. The molecule has 1 rings (SSSR count). The highest BCUT2D eigenvalue weighted by atomic mass is 32.1. The van der Waals surface area contributed by atoms with E-state index in [1.807, 2.05) is 37.3 Å². The molecule has 0 radical (unpaired) electrons. The van der Waals surface area contributed by atoms with Crippen LogP contribution in [0.5, 0.6) is 0 Å². The van der Waals surface area contributed by atoms with E-state index in [-0.39, 0.29) is 0 Å². The Kier molecular flexibility index (Phi) is 3.91. The van der Waals surface area contributed by atoms with Gasteiger partial charge in [0.1, 0.15) is 0 Å². The smallest absolute Gasteiger partial charge is 0.0823 e. The summed E-state index contributed by atoms with van der Waals surface area (Å²) in [6, 6.07) is 9.94. The lowest BCUT2D eigenvalue weighted by atomic mass is 10.2. The molecule has 0 saturated heterocycles. The molecule has 0 N–H and O–H groups in total. The van der Waals surface area contributed by atoms with Gasteiger partial charge in [-0.15, -0.1) is 0 Å². The first-order valence-corrected chi connectivity index (χ1v) is 4.41. The SMILES string of the molecule is CCOCC(=S)c1ccccc1. The first-order chi connectivity index (χ1) is 5.84. The van der Waals surface area contributed by atoms with Gasteiger partial charge in [0.25, 0.3) is 0 Å². The maximum absolute atomic E-state index is 5.21. The molecule has 0 bridgehead atoms. The van der Waals surface area contributed by atoms with Crippen molar-refractivity contribution in [2.24, 2.45) is 0 Å². The fraction of sp³-hybridized carbons (Fsp3) is 0.300. The number of ether oxygens (including phenoxy) is 1. The fourth-order valence-electron chi connectivity index (χ4n) is 0.902. The van der Waals surface area contributed by atoms with Crippen LogP contribution < -0.4 is 0 Å². The van der Waals surface area contributed by atoms with Gasteiger partial charge in [-0.25, -0.2) is 0 Å². The van der Waals surface area contributed by atoms with Crippen LogP contribution in [-0.4, -0.2) is 18.1 Å². The zero-order valence-corrected chi connectivity index (χ0v) is 7.93. The predicted molar refractivity (Wildman–Crippen MR) is 54.6 cm³/mol. The Balaban J connectivity index is 2.54. The monoisotopic (exact) mass is 180 g/mol. The van der Waals surface area contributed by atoms with Crippen molar-refractivity contribution in [1.29, 1.82) is 0 Å². The largest absolute Gasteiger partial charge is 0.376 e. The number of benzene rings is 1. The van der Waals surface area contributed by atoms with E-state index in [9.17, 15) is 0 Å². The normalized spacial score (nSPS) is 9.75. The van der Waals surface area contributed by atoms with E-state index in [0.717, 1.165) is 10.4 Å². The first kappa shape index (κ1) is 9.36. The molecule has 0 saturated carbocycles. The van der Waals surface area contributed by atoms with Gasteiger partial charge >= 0.3 is 0 Å². The minimum Gasteiger partial charge on any atom is -0.376 e. The van der Waals surface area contributed by atoms with Crippen molar-refractivity contribution in [3.8, 4) is 0 Å². The second kappa shape index (κ2) is 5.01. The van der Waals surface area contributed by atoms with Gasteiger partial charge in [0.2, 0.25) is 0 Å². The highest BCUT2D eigenvalue weighted by molar-refractivity contribution is 7.80. The Morgan fingerprint density at radius 2 is 2.00 bits per heavy atom. The van der Waals surface area contributed by atoms with Gasteiger partial charge in [0.15, 0.2) is 0 Å². The lowest BCUT2D eigenvalue weighted by molar-refractivity contribution is 0.189. The van der Waals surface area contributed by atoms with Crippen LogP contribution in [0.4, 0.5) is 0 Å². The second-order valence-electron chi connectivity index (χ2n) is 2.43. The zero-order valence-electron chi connectivity index (χ0n) is 7.12. The molecule has 0 aliphatic heterocycles. The zero-order chi connectivity index (χ0) is 8.81. The van der Waals surface area contributed by atoms with Crippen LogP contribution in [0.3, 0.4) is 0 Å². The molecule has 0 heterocycles. The lowest BCUT2D eigenvalue weighted by Crippen LogP contribution is -2.06. The van der Waals surface area contributed by atoms with Crippen LogP contribution in [-0.2, 0) is 4.74 Å². The molecule has 0 spiro atoms. The van der Waals surface area contributed by atoms with Crippen LogP contribution in [0, 0.1) is 0 Å². The van der Waals surface area contributed by atoms with Gasteiger partial charge in [0.05, 0.1) is 6.61 Å². The third-order valence-corrected chi connectivity index (χ3v) is 1.89. The lowest BCUT2D eigenvalue weighted by Gasteiger charge is -2.02. The topological polar surface area (TPSA) is 9.23 Å². The van der Waals surface area contributed by atoms with Crippen molar-refractivity contribution < 1.29 is 4.74 Å². The van der Waals surface area contributed by atoms with Crippen LogP contribution in [0.2, 0.25) is 0 Å². The second-order valence-corrected chi connectivity index (χ2v) is 2.92. The quantitative estimate of drug-likeness (QED) is 0.520. The van der Waals surface area contributed by atoms with E-state index >= 15 is 0 Å². The molecule has 0 aromatic heterocycles. The summed E-state index contributed by atoms with van der Waals surface area (Å²) in [7, 11) is 0. The highest BCUT2D eigenvalue weighted by Crippen LogP contribution is 2.01. The Bertz CT molecular complexity index is 243. The maximum Gasteiger partial charge on any atom is 0.0823 e. The van der Waals surface area contributed by atoms with Crippen LogP contribution in [0.15, 0.2) is 30.3 Å². The average Bonchev–Trinajstić information content (AvgIpc) is 2.15. The molecule has 0 amide bonds. The van der Waals surface area contributed by atoms with E-state index in [2.05, 4.69) is 0 Å². The molecule has 2 heteroatoms. The summed E-state index contributed by atoms with van der Waals surface area (Å²) in [5.41, 5.74) is 1.08. The van der Waals surface area contributed by atoms with Crippen LogP contribution >= 0.6 is 12.2 Å². The predicted octanol–water partition coefficient (Wildman–Crippen LogP) is 2.44. The summed E-state index contributed by atoms with van der Waals surface area (Å²) >= 11 is 5.16. The van der Waals surface area contributed by atoms with Crippen molar-refractivity contribution in [3.63, 3.8) is 0 Å². The molecule has 64 valence electrons. The van der Waals surface area contributed by atoms with E-state index in [1.54, 1.807) is 0 Å². The van der Waals surface area contributed by atoms with Crippen molar-refractivity contribution in [2.75, 3.05) is 13.2 Å². The van der Waals surface area contributed by atoms with Gasteiger partial charge in [0, 0.05) is 11.5 Å². The molecular formula is C10H12OS. The van der Waals surface area contributed by atoms with Crippen molar-refractivity contribution in [3.05, 3.63) is 35.9 Å². The summed E-state index contributed by atoms with van der Waals surface area (Å²) in [5.74, 6) is 0. The molecule has 0 aliphatic carbocycles. The molecule has 1 nitrogen and oxygen atoms in total. The number of rotatable bonds is 4. The van der Waals surface area contributed by atoms with Gasteiger partial charge in [-0.2, -0.15) is 0 Å². The molecule has 0 atom stereocenters. The maximum atomic E-state index is 5.21. The van der Waals surface area contributed by atoms with Crippen molar-refractivity contribution in [1.82, 2.24) is 0 Å². The summed E-state index contributed by atoms with van der Waals surface area (Å²) < 4.78 is 5.21. The Morgan fingerprint density at radius 3 is 2.58 bits per heavy atom. The molecule has 0 fully saturated rings. The molecule has 0 unspecified atom stereocenters. The molecular weight excluding hydrogens is 168 g/mol. The first-order valence-electron chi connectivity index (χ1n) is 4.00. The molecule has 12 heavy (non-hydrogen) atoms. The van der Waals surface area contributed by atoms with Gasteiger partial charge in [-0.1, -0.05) is 42.5 Å². The van der Waals surface area contributed by atoms with Crippen LogP contribution in [0.1, 0.15) is 12.5 Å². The minimum atomic E-state index is 0.551. The number of thiocarbonyl (C=S) groups is 1. The summed E-state index contributed by atoms with van der Waals surface area (Å²) in [6.45, 7) is 3.23. The Labute approximate surface area is 78.4 Å². The summed E-state index contributed by atoms with van der Waals surface area (Å²) in [6.07, 6.45) is 0. The third kappa shape index (κ3) is 2.72. The van der Waals surface area contributed by atoms with Crippen molar-refractivity contribution >= 4 is 17.1 Å². The number of hydrogen-bond donors (Lipinski definition) is 0. The van der Waals surface area contributed by atoms with E-state index in [0.29, 0.717) is 13.2 Å². The minimum absolute atomic E-state index is 0.551. The van der Waals surface area contributed by atoms with Crippen molar-refractivity contribution in [2.45, 2.75) is 6.92 Å². The number of hydrogen-bond acceptors (Lipinski definition) is 2. The third-order valence-electron chi connectivity index (χ3n) is 1.53. The van der Waals surface area contributed by atoms with Crippen LogP contribution in [0.25, 0.3) is 0 Å². The molecule has 0 aliphatic rings. The van der Waals surface area contributed by atoms with E-state index < -0.39 is 0 Å². The standard InChI is InChI=1S/C10H12OS/c1-2-11-8-10(12)9-6-4-3-5-7-9/h3-7H,2,8H2,1H3. The Hall–Kier alpha value is -0.730. The van der Waals surface area contributed by atoms with Gasteiger partial charge < -0.3 is 4.74 Å². The van der Waals surface area contributed by atoms with E-state index in [4.69, 9.17) is 17.0 Å². The average molecular weight is 180 g/mol. The molecule has 1 aromatic carbocycles.